The van der Waals surface area contributed by atoms with E-state index in [2.05, 4.69) is 12.0 Å². The van der Waals surface area contributed by atoms with Gasteiger partial charge in [0.25, 0.3) is 0 Å². The number of rotatable bonds is 4. The number of aromatic nitrogens is 2. The zero-order valence-corrected chi connectivity index (χ0v) is 7.70. The molecule has 1 N–H and O–H groups in total. The van der Waals surface area contributed by atoms with E-state index in [1.165, 1.54) is 5.69 Å². The molecule has 0 aliphatic rings. The molecule has 0 spiro atoms. The highest BCUT2D eigenvalue weighted by Gasteiger charge is 2.02. The molecule has 1 aromatic rings. The largest absolute Gasteiger partial charge is 0.393 e. The molecule has 0 saturated carbocycles. The van der Waals surface area contributed by atoms with E-state index in [4.69, 9.17) is 5.11 Å². The Balaban J connectivity index is 2.50. The van der Waals surface area contributed by atoms with Crippen molar-refractivity contribution in [3.8, 4) is 0 Å². The molecular weight excluding hydrogens is 152 g/mol. The fraction of sp³-hybridized carbons (Fsp3) is 0.667. The van der Waals surface area contributed by atoms with Crippen molar-refractivity contribution in [2.75, 3.05) is 0 Å². The van der Waals surface area contributed by atoms with Crippen LogP contribution in [0.5, 0.6) is 0 Å². The van der Waals surface area contributed by atoms with Crippen LogP contribution in [-0.2, 0) is 13.0 Å². The van der Waals surface area contributed by atoms with Gasteiger partial charge in [-0.05, 0) is 32.8 Å². The van der Waals surface area contributed by atoms with Crippen LogP contribution in [0.2, 0.25) is 0 Å². The summed E-state index contributed by atoms with van der Waals surface area (Å²) in [5, 5.41) is 13.2. The maximum absolute atomic E-state index is 9.09. The molecule has 1 heterocycles. The summed E-state index contributed by atoms with van der Waals surface area (Å²) >= 11 is 0. The van der Waals surface area contributed by atoms with Crippen LogP contribution in [0.25, 0.3) is 0 Å². The second-order valence-corrected chi connectivity index (χ2v) is 3.03. The summed E-state index contributed by atoms with van der Waals surface area (Å²) < 4.78 is 1.96. The molecule has 1 aromatic heterocycles. The molecule has 0 radical (unpaired) electrons. The molecule has 0 amide bonds. The molecule has 0 saturated heterocycles. The molecule has 0 aromatic carbocycles. The van der Waals surface area contributed by atoms with E-state index in [0.29, 0.717) is 0 Å². The fourth-order valence-corrected chi connectivity index (χ4v) is 1.21. The molecular formula is C9H16N2O. The zero-order valence-electron chi connectivity index (χ0n) is 7.70. The first-order chi connectivity index (χ1) is 5.74. The summed E-state index contributed by atoms with van der Waals surface area (Å²) in [6.45, 7) is 4.79. The number of aryl methyl sites for hydroxylation is 2. The van der Waals surface area contributed by atoms with Crippen molar-refractivity contribution in [1.82, 2.24) is 9.78 Å². The lowest BCUT2D eigenvalue weighted by Gasteiger charge is -2.05. The molecule has 0 unspecified atom stereocenters. The van der Waals surface area contributed by atoms with Gasteiger partial charge in [-0.3, -0.25) is 4.68 Å². The molecule has 1 atom stereocenters. The Hall–Kier alpha value is -0.830. The normalized spacial score (nSPS) is 13.2. The number of nitrogens with zero attached hydrogens (tertiary/aromatic N) is 2. The van der Waals surface area contributed by atoms with E-state index in [0.717, 1.165) is 19.4 Å². The van der Waals surface area contributed by atoms with E-state index < -0.39 is 0 Å². The summed E-state index contributed by atoms with van der Waals surface area (Å²) in [7, 11) is 0. The summed E-state index contributed by atoms with van der Waals surface area (Å²) in [5.74, 6) is 0. The maximum atomic E-state index is 9.09. The van der Waals surface area contributed by atoms with Crippen molar-refractivity contribution < 1.29 is 5.11 Å². The highest BCUT2D eigenvalue weighted by molar-refractivity contribution is 5.00. The minimum absolute atomic E-state index is 0.217. The second-order valence-electron chi connectivity index (χ2n) is 3.03. The van der Waals surface area contributed by atoms with Gasteiger partial charge in [0.15, 0.2) is 0 Å². The van der Waals surface area contributed by atoms with Crippen molar-refractivity contribution in [1.29, 1.82) is 0 Å². The van der Waals surface area contributed by atoms with Gasteiger partial charge in [-0.2, -0.15) is 5.10 Å². The van der Waals surface area contributed by atoms with Crippen LogP contribution in [0.15, 0.2) is 12.3 Å². The Kier molecular flexibility index (Phi) is 3.29. The first kappa shape index (κ1) is 9.26. The van der Waals surface area contributed by atoms with Gasteiger partial charge in [0.2, 0.25) is 0 Å². The predicted octanol–water partition coefficient (Wildman–Crippen LogP) is 1.22. The Bertz CT molecular complexity index is 230. The SMILES string of the molecule is CCn1nccc1CC[C@@H](C)O. The Labute approximate surface area is 73.0 Å². The number of aliphatic hydroxyl groups is 1. The van der Waals surface area contributed by atoms with Gasteiger partial charge in [0.1, 0.15) is 0 Å². The predicted molar refractivity (Wildman–Crippen MR) is 47.9 cm³/mol. The molecule has 3 nitrogen and oxygen atoms in total. The highest BCUT2D eigenvalue weighted by atomic mass is 16.3. The average Bonchev–Trinajstić information content (AvgIpc) is 2.47. The smallest absolute Gasteiger partial charge is 0.0515 e. The van der Waals surface area contributed by atoms with Gasteiger partial charge in [-0.1, -0.05) is 0 Å². The summed E-state index contributed by atoms with van der Waals surface area (Å²) in [4.78, 5) is 0. The van der Waals surface area contributed by atoms with E-state index in [1.807, 2.05) is 17.7 Å². The molecule has 12 heavy (non-hydrogen) atoms. The molecule has 0 bridgehead atoms. The van der Waals surface area contributed by atoms with Crippen molar-refractivity contribution >= 4 is 0 Å². The van der Waals surface area contributed by atoms with Crippen LogP contribution in [0.3, 0.4) is 0 Å². The molecule has 0 fully saturated rings. The van der Waals surface area contributed by atoms with Crippen LogP contribution < -0.4 is 0 Å². The van der Waals surface area contributed by atoms with E-state index in [9.17, 15) is 0 Å². The number of aliphatic hydroxyl groups excluding tert-OH is 1. The lowest BCUT2D eigenvalue weighted by molar-refractivity contribution is 0.184. The van der Waals surface area contributed by atoms with Crippen molar-refractivity contribution in [3.63, 3.8) is 0 Å². The van der Waals surface area contributed by atoms with Crippen LogP contribution in [0.1, 0.15) is 26.0 Å². The Morgan fingerprint density at radius 2 is 2.42 bits per heavy atom. The van der Waals surface area contributed by atoms with Crippen LogP contribution in [0, 0.1) is 0 Å². The first-order valence-electron chi connectivity index (χ1n) is 4.42. The summed E-state index contributed by atoms with van der Waals surface area (Å²) in [5.41, 5.74) is 1.21. The van der Waals surface area contributed by atoms with Gasteiger partial charge in [0.05, 0.1) is 6.10 Å². The Morgan fingerprint density at radius 1 is 1.67 bits per heavy atom. The van der Waals surface area contributed by atoms with E-state index >= 15 is 0 Å². The van der Waals surface area contributed by atoms with Crippen molar-refractivity contribution in [3.05, 3.63) is 18.0 Å². The van der Waals surface area contributed by atoms with E-state index in [-0.39, 0.29) is 6.10 Å². The van der Waals surface area contributed by atoms with Gasteiger partial charge in [-0.15, -0.1) is 0 Å². The molecule has 3 heteroatoms. The Morgan fingerprint density at radius 3 is 3.00 bits per heavy atom. The van der Waals surface area contributed by atoms with Crippen LogP contribution in [0.4, 0.5) is 0 Å². The quantitative estimate of drug-likeness (QED) is 0.734. The average molecular weight is 168 g/mol. The number of hydrogen-bond donors (Lipinski definition) is 1. The second kappa shape index (κ2) is 4.26. The van der Waals surface area contributed by atoms with Gasteiger partial charge in [-0.25, -0.2) is 0 Å². The summed E-state index contributed by atoms with van der Waals surface area (Å²) in [6, 6.07) is 2.01. The molecule has 1 rings (SSSR count). The lowest BCUT2D eigenvalue weighted by atomic mass is 10.2. The fourth-order valence-electron chi connectivity index (χ4n) is 1.21. The van der Waals surface area contributed by atoms with Crippen molar-refractivity contribution in [2.45, 2.75) is 39.3 Å². The first-order valence-corrected chi connectivity index (χ1v) is 4.42. The van der Waals surface area contributed by atoms with Crippen molar-refractivity contribution in [2.24, 2.45) is 0 Å². The molecule has 68 valence electrons. The van der Waals surface area contributed by atoms with Gasteiger partial charge >= 0.3 is 0 Å². The molecule has 0 aliphatic heterocycles. The van der Waals surface area contributed by atoms with Crippen LogP contribution >= 0.6 is 0 Å². The van der Waals surface area contributed by atoms with E-state index in [1.54, 1.807) is 6.20 Å². The lowest BCUT2D eigenvalue weighted by Crippen LogP contribution is -2.06. The monoisotopic (exact) mass is 168 g/mol. The third-order valence-corrected chi connectivity index (χ3v) is 1.92. The minimum atomic E-state index is -0.217. The minimum Gasteiger partial charge on any atom is -0.393 e. The standard InChI is InChI=1S/C9H16N2O/c1-3-11-9(6-7-10-11)5-4-8(2)12/h6-8,12H,3-5H2,1-2H3/t8-/m1/s1. The maximum Gasteiger partial charge on any atom is 0.0515 e. The third-order valence-electron chi connectivity index (χ3n) is 1.92. The third kappa shape index (κ3) is 2.34. The zero-order chi connectivity index (χ0) is 8.97. The van der Waals surface area contributed by atoms with Gasteiger partial charge in [0, 0.05) is 18.4 Å². The van der Waals surface area contributed by atoms with Crippen LogP contribution in [-0.4, -0.2) is 21.0 Å². The number of hydrogen-bond acceptors (Lipinski definition) is 2. The topological polar surface area (TPSA) is 38.0 Å². The van der Waals surface area contributed by atoms with Gasteiger partial charge < -0.3 is 5.11 Å². The summed E-state index contributed by atoms with van der Waals surface area (Å²) in [6.07, 6.45) is 3.31. The highest BCUT2D eigenvalue weighted by Crippen LogP contribution is 2.04. The molecule has 0 aliphatic carbocycles.